The summed E-state index contributed by atoms with van der Waals surface area (Å²) < 4.78 is 4.87. The van der Waals surface area contributed by atoms with Gasteiger partial charge in [0.15, 0.2) is 6.10 Å². The first-order valence-electron chi connectivity index (χ1n) is 4.45. The highest BCUT2D eigenvalue weighted by molar-refractivity contribution is 5.97. The van der Waals surface area contributed by atoms with E-state index in [0.29, 0.717) is 5.56 Å². The molecule has 5 heteroatoms. The molecule has 2 rings (SSSR count). The summed E-state index contributed by atoms with van der Waals surface area (Å²) in [6, 6.07) is 2.36. The second-order valence-electron chi connectivity index (χ2n) is 3.50. The van der Waals surface area contributed by atoms with E-state index >= 15 is 0 Å². The van der Waals surface area contributed by atoms with Crippen molar-refractivity contribution in [3.8, 4) is 11.5 Å². The Labute approximate surface area is 85.5 Å². The van der Waals surface area contributed by atoms with Gasteiger partial charge in [-0.05, 0) is 13.0 Å². The first kappa shape index (κ1) is 9.79. The summed E-state index contributed by atoms with van der Waals surface area (Å²) in [5.41, 5.74) is 0.325. The van der Waals surface area contributed by atoms with Crippen molar-refractivity contribution in [2.24, 2.45) is 0 Å². The number of hydrogen-bond donors (Lipinski definition) is 3. The number of aliphatic hydroxyl groups excluding tert-OH is 1. The van der Waals surface area contributed by atoms with Crippen LogP contribution in [0.25, 0.3) is 0 Å². The lowest BCUT2D eigenvalue weighted by Crippen LogP contribution is -2.14. The molecule has 0 aromatic heterocycles. The smallest absolute Gasteiger partial charge is 0.343 e. The topological polar surface area (TPSA) is 87.0 Å². The molecule has 15 heavy (non-hydrogen) atoms. The third-order valence-corrected chi connectivity index (χ3v) is 2.32. The maximum absolute atomic E-state index is 11.3. The van der Waals surface area contributed by atoms with Gasteiger partial charge >= 0.3 is 5.97 Å². The number of carbonyl (C=O) groups excluding carboxylic acids is 1. The fourth-order valence-electron chi connectivity index (χ4n) is 1.68. The Morgan fingerprint density at radius 2 is 2.07 bits per heavy atom. The molecule has 0 unspecified atom stereocenters. The van der Waals surface area contributed by atoms with Gasteiger partial charge < -0.3 is 20.1 Å². The molecule has 1 aromatic carbocycles. The molecule has 3 N–H and O–H groups in total. The van der Waals surface area contributed by atoms with E-state index in [0.717, 1.165) is 6.07 Å². The average Bonchev–Trinajstić information content (AvgIpc) is 2.42. The number of carbonyl (C=O) groups is 1. The van der Waals surface area contributed by atoms with E-state index < -0.39 is 18.2 Å². The van der Waals surface area contributed by atoms with Crippen molar-refractivity contribution in [1.82, 2.24) is 0 Å². The largest absolute Gasteiger partial charge is 0.508 e. The number of phenolic OH excluding ortho intramolecular Hbond substituents is 2. The molecule has 0 amide bonds. The molecule has 1 aromatic rings. The number of aliphatic hydroxyl groups is 1. The highest BCUT2D eigenvalue weighted by Gasteiger charge is 2.36. The van der Waals surface area contributed by atoms with Crippen molar-refractivity contribution in [3.05, 3.63) is 23.3 Å². The molecule has 0 fully saturated rings. The minimum Gasteiger partial charge on any atom is -0.508 e. The standard InChI is InChI=1S/C10H10O5/c1-4(11)9-6-2-5(12)3-7(13)8(6)10(14)15-9/h2-4,9,11-13H,1H3/t4-,9+/m0/s1. The van der Waals surface area contributed by atoms with Crippen LogP contribution in [0.3, 0.4) is 0 Å². The Kier molecular flexibility index (Phi) is 2.04. The van der Waals surface area contributed by atoms with Crippen molar-refractivity contribution in [2.75, 3.05) is 0 Å². The number of ether oxygens (including phenoxy) is 1. The molecular weight excluding hydrogens is 200 g/mol. The van der Waals surface area contributed by atoms with Crippen molar-refractivity contribution in [1.29, 1.82) is 0 Å². The zero-order valence-electron chi connectivity index (χ0n) is 7.97. The van der Waals surface area contributed by atoms with Crippen molar-refractivity contribution in [3.63, 3.8) is 0 Å². The van der Waals surface area contributed by atoms with Crippen LogP contribution in [0.15, 0.2) is 12.1 Å². The average molecular weight is 210 g/mol. The van der Waals surface area contributed by atoms with Gasteiger partial charge in [0.1, 0.15) is 17.1 Å². The Balaban J connectivity index is 2.60. The molecule has 0 spiro atoms. The molecule has 5 nitrogen and oxygen atoms in total. The Morgan fingerprint density at radius 1 is 1.40 bits per heavy atom. The Hall–Kier alpha value is -1.75. The summed E-state index contributed by atoms with van der Waals surface area (Å²) in [4.78, 5) is 11.3. The van der Waals surface area contributed by atoms with Gasteiger partial charge in [-0.15, -0.1) is 0 Å². The summed E-state index contributed by atoms with van der Waals surface area (Å²) >= 11 is 0. The van der Waals surface area contributed by atoms with Crippen molar-refractivity contribution in [2.45, 2.75) is 19.1 Å². The Bertz CT molecular complexity index is 424. The molecule has 1 aliphatic heterocycles. The summed E-state index contributed by atoms with van der Waals surface area (Å²) in [7, 11) is 0. The van der Waals surface area contributed by atoms with Gasteiger partial charge in [-0.1, -0.05) is 0 Å². The first-order valence-corrected chi connectivity index (χ1v) is 4.45. The quantitative estimate of drug-likeness (QED) is 0.593. The van der Waals surface area contributed by atoms with Crippen LogP contribution in [0, 0.1) is 0 Å². The maximum Gasteiger partial charge on any atom is 0.343 e. The van der Waals surface area contributed by atoms with E-state index in [9.17, 15) is 20.1 Å². The number of phenols is 2. The summed E-state index contributed by atoms with van der Waals surface area (Å²) in [5, 5.41) is 28.1. The fourth-order valence-corrected chi connectivity index (χ4v) is 1.68. The van der Waals surface area contributed by atoms with Crippen LogP contribution < -0.4 is 0 Å². The highest BCUT2D eigenvalue weighted by atomic mass is 16.6. The van der Waals surface area contributed by atoms with Gasteiger partial charge in [0.25, 0.3) is 0 Å². The molecule has 0 saturated carbocycles. The third-order valence-electron chi connectivity index (χ3n) is 2.32. The van der Waals surface area contributed by atoms with Crippen LogP contribution >= 0.6 is 0 Å². The molecule has 80 valence electrons. The minimum atomic E-state index is -0.892. The number of aromatic hydroxyl groups is 2. The van der Waals surface area contributed by atoms with E-state index in [4.69, 9.17) is 4.74 Å². The SMILES string of the molecule is C[C@H](O)[C@H]1OC(=O)c2c(O)cc(O)cc21. The van der Waals surface area contributed by atoms with E-state index in [1.807, 2.05) is 0 Å². The lowest BCUT2D eigenvalue weighted by atomic mass is 10.0. The zero-order chi connectivity index (χ0) is 11.2. The van der Waals surface area contributed by atoms with Crippen LogP contribution in [-0.2, 0) is 4.74 Å². The molecule has 2 atom stereocenters. The second-order valence-corrected chi connectivity index (χ2v) is 3.50. The summed E-state index contributed by atoms with van der Waals surface area (Å²) in [6.07, 6.45) is -1.72. The van der Waals surface area contributed by atoms with Crippen LogP contribution in [-0.4, -0.2) is 27.4 Å². The number of cyclic esters (lactones) is 1. The van der Waals surface area contributed by atoms with Crippen LogP contribution in [0.2, 0.25) is 0 Å². The molecule has 0 aliphatic carbocycles. The van der Waals surface area contributed by atoms with Crippen molar-refractivity contribution < 1.29 is 24.9 Å². The number of fused-ring (bicyclic) bond motifs is 1. The third kappa shape index (κ3) is 1.41. The van der Waals surface area contributed by atoms with Gasteiger partial charge in [-0.25, -0.2) is 4.79 Å². The molecule has 1 aliphatic rings. The predicted octanol–water partition coefficient (Wildman–Crippen LogP) is 0.690. The lowest BCUT2D eigenvalue weighted by Gasteiger charge is -2.13. The van der Waals surface area contributed by atoms with E-state index in [1.54, 1.807) is 0 Å². The van der Waals surface area contributed by atoms with Crippen LogP contribution in [0.1, 0.15) is 28.9 Å². The fraction of sp³-hybridized carbons (Fsp3) is 0.300. The minimum absolute atomic E-state index is 0.0127. The van der Waals surface area contributed by atoms with E-state index in [-0.39, 0.29) is 17.1 Å². The number of benzene rings is 1. The van der Waals surface area contributed by atoms with E-state index in [2.05, 4.69) is 0 Å². The van der Waals surface area contributed by atoms with Crippen molar-refractivity contribution >= 4 is 5.97 Å². The second kappa shape index (κ2) is 3.13. The number of esters is 1. The van der Waals surface area contributed by atoms with Gasteiger partial charge in [-0.3, -0.25) is 0 Å². The number of hydrogen-bond acceptors (Lipinski definition) is 5. The molecule has 0 saturated heterocycles. The van der Waals surface area contributed by atoms with Crippen LogP contribution in [0.5, 0.6) is 11.5 Å². The van der Waals surface area contributed by atoms with E-state index in [1.165, 1.54) is 13.0 Å². The van der Waals surface area contributed by atoms with Gasteiger partial charge in [0, 0.05) is 11.6 Å². The number of rotatable bonds is 1. The van der Waals surface area contributed by atoms with Gasteiger partial charge in [-0.2, -0.15) is 0 Å². The van der Waals surface area contributed by atoms with Gasteiger partial charge in [0.2, 0.25) is 0 Å². The monoisotopic (exact) mass is 210 g/mol. The molecular formula is C10H10O5. The molecule has 0 radical (unpaired) electrons. The maximum atomic E-state index is 11.3. The highest BCUT2D eigenvalue weighted by Crippen LogP contribution is 2.40. The summed E-state index contributed by atoms with van der Waals surface area (Å²) in [6.45, 7) is 1.47. The normalized spacial score (nSPS) is 20.9. The first-order chi connectivity index (χ1) is 7.00. The van der Waals surface area contributed by atoms with Gasteiger partial charge in [0.05, 0.1) is 6.10 Å². The summed E-state index contributed by atoms with van der Waals surface area (Å²) in [5.74, 6) is -1.19. The molecule has 1 heterocycles. The van der Waals surface area contributed by atoms with Crippen LogP contribution in [0.4, 0.5) is 0 Å². The zero-order valence-corrected chi connectivity index (χ0v) is 7.97. The molecule has 0 bridgehead atoms. The Morgan fingerprint density at radius 3 is 2.67 bits per heavy atom. The lowest BCUT2D eigenvalue weighted by molar-refractivity contribution is -0.00282. The predicted molar refractivity (Wildman–Crippen MR) is 49.6 cm³/mol.